The third kappa shape index (κ3) is 5.68. The Bertz CT molecular complexity index is 992. The number of carbonyl (C=O) groups excluding carboxylic acids is 2. The average Bonchev–Trinajstić information content (AvgIpc) is 2.73. The Balaban J connectivity index is 1.76. The molecule has 3 aromatic rings. The number of aromatic nitrogens is 1. The molecule has 0 radical (unpaired) electrons. The maximum Gasteiger partial charge on any atom is 0.258 e. The summed E-state index contributed by atoms with van der Waals surface area (Å²) >= 11 is 1.45. The van der Waals surface area contributed by atoms with Gasteiger partial charge in [0.1, 0.15) is 5.03 Å². The van der Waals surface area contributed by atoms with Crippen LogP contribution in [-0.2, 0) is 11.3 Å². The summed E-state index contributed by atoms with van der Waals surface area (Å²) in [4.78, 5) is 31.7. The Kier molecular flexibility index (Phi) is 7.03. The molecule has 0 unspecified atom stereocenters. The van der Waals surface area contributed by atoms with Crippen LogP contribution in [0.15, 0.2) is 82.8 Å². The van der Waals surface area contributed by atoms with E-state index in [0.29, 0.717) is 29.4 Å². The number of hydrogen-bond donors (Lipinski definition) is 1. The third-order valence-corrected chi connectivity index (χ3v) is 5.39. The van der Waals surface area contributed by atoms with E-state index in [4.69, 9.17) is 0 Å². The van der Waals surface area contributed by atoms with Crippen molar-refractivity contribution >= 4 is 29.3 Å². The molecule has 3 rings (SSSR count). The summed E-state index contributed by atoms with van der Waals surface area (Å²) in [5.41, 5.74) is 2.17. The summed E-state index contributed by atoms with van der Waals surface area (Å²) in [6.07, 6.45) is 1.68. The molecule has 0 bridgehead atoms. The molecule has 2 amide bonds. The Morgan fingerprint density at radius 1 is 1.03 bits per heavy atom. The quantitative estimate of drug-likeness (QED) is 0.610. The molecule has 2 aromatic carbocycles. The smallest absolute Gasteiger partial charge is 0.258 e. The fourth-order valence-electron chi connectivity index (χ4n) is 2.86. The maximum atomic E-state index is 12.9. The molecule has 0 saturated heterocycles. The summed E-state index contributed by atoms with van der Waals surface area (Å²) in [6, 6.07) is 20.9. The predicted molar refractivity (Wildman–Crippen MR) is 116 cm³/mol. The lowest BCUT2D eigenvalue weighted by Gasteiger charge is -2.19. The van der Waals surface area contributed by atoms with Gasteiger partial charge in [-0.25, -0.2) is 4.98 Å². The first-order valence-corrected chi connectivity index (χ1v) is 10.2. The standard InChI is InChI=1S/C23H23N3O2S/c1-3-26(17(2)27)16-18-9-7-10-19(15-18)25-22(28)21-13-8-14-24-23(21)29-20-11-5-4-6-12-20/h4-15H,3,16H2,1-2H3,(H,25,28). The monoisotopic (exact) mass is 405 g/mol. The van der Waals surface area contributed by atoms with Crippen LogP contribution in [0.4, 0.5) is 5.69 Å². The topological polar surface area (TPSA) is 62.3 Å². The fraction of sp³-hybridized carbons (Fsp3) is 0.174. The second-order valence-corrected chi connectivity index (χ2v) is 7.52. The largest absolute Gasteiger partial charge is 0.339 e. The van der Waals surface area contributed by atoms with Crippen LogP contribution >= 0.6 is 11.8 Å². The van der Waals surface area contributed by atoms with Gasteiger partial charge in [-0.1, -0.05) is 42.1 Å². The van der Waals surface area contributed by atoms with Gasteiger partial charge in [-0.15, -0.1) is 0 Å². The molecule has 1 heterocycles. The molecule has 1 N–H and O–H groups in total. The Morgan fingerprint density at radius 2 is 1.83 bits per heavy atom. The minimum Gasteiger partial charge on any atom is -0.339 e. The van der Waals surface area contributed by atoms with Crippen LogP contribution in [0, 0.1) is 0 Å². The zero-order valence-corrected chi connectivity index (χ0v) is 17.3. The summed E-state index contributed by atoms with van der Waals surface area (Å²) in [5.74, 6) is -0.188. The summed E-state index contributed by atoms with van der Waals surface area (Å²) in [7, 11) is 0. The van der Waals surface area contributed by atoms with E-state index < -0.39 is 0 Å². The zero-order chi connectivity index (χ0) is 20.6. The maximum absolute atomic E-state index is 12.9. The molecule has 1 aromatic heterocycles. The molecule has 0 spiro atoms. The van der Waals surface area contributed by atoms with Crippen LogP contribution in [0.1, 0.15) is 29.8 Å². The van der Waals surface area contributed by atoms with Crippen molar-refractivity contribution in [3.8, 4) is 0 Å². The highest BCUT2D eigenvalue weighted by atomic mass is 32.2. The van der Waals surface area contributed by atoms with Gasteiger partial charge < -0.3 is 10.2 Å². The van der Waals surface area contributed by atoms with Gasteiger partial charge in [-0.2, -0.15) is 0 Å². The molecule has 5 nitrogen and oxygen atoms in total. The molecule has 148 valence electrons. The van der Waals surface area contributed by atoms with Crippen molar-refractivity contribution in [3.63, 3.8) is 0 Å². The van der Waals surface area contributed by atoms with Crippen LogP contribution in [0.3, 0.4) is 0 Å². The molecular weight excluding hydrogens is 382 g/mol. The number of nitrogens with one attached hydrogen (secondary N) is 1. The second-order valence-electron chi connectivity index (χ2n) is 6.46. The van der Waals surface area contributed by atoms with Crippen LogP contribution in [0.25, 0.3) is 0 Å². The number of pyridine rings is 1. The summed E-state index contributed by atoms with van der Waals surface area (Å²) in [5, 5.41) is 3.60. The van der Waals surface area contributed by atoms with Gasteiger partial charge in [0, 0.05) is 36.8 Å². The minimum atomic E-state index is -0.215. The van der Waals surface area contributed by atoms with Gasteiger partial charge in [-0.05, 0) is 48.9 Å². The molecule has 0 saturated carbocycles. The highest BCUT2D eigenvalue weighted by molar-refractivity contribution is 7.99. The van der Waals surface area contributed by atoms with Crippen molar-refractivity contribution in [3.05, 3.63) is 84.1 Å². The first-order valence-electron chi connectivity index (χ1n) is 9.40. The number of anilines is 1. The van der Waals surface area contributed by atoms with Crippen molar-refractivity contribution in [2.45, 2.75) is 30.3 Å². The normalized spacial score (nSPS) is 10.4. The van der Waals surface area contributed by atoms with E-state index in [1.165, 1.54) is 11.8 Å². The first-order chi connectivity index (χ1) is 14.1. The lowest BCUT2D eigenvalue weighted by atomic mass is 10.1. The third-order valence-electron chi connectivity index (χ3n) is 4.36. The molecule has 0 aliphatic carbocycles. The number of hydrogen-bond acceptors (Lipinski definition) is 4. The van der Waals surface area contributed by atoms with Gasteiger partial charge in [0.15, 0.2) is 0 Å². The molecule has 29 heavy (non-hydrogen) atoms. The van der Waals surface area contributed by atoms with Crippen LogP contribution in [0.2, 0.25) is 0 Å². The molecule has 0 atom stereocenters. The van der Waals surface area contributed by atoms with E-state index in [1.54, 1.807) is 30.2 Å². The Hall–Kier alpha value is -3.12. The molecule has 0 aliphatic heterocycles. The number of benzene rings is 2. The number of carbonyl (C=O) groups is 2. The molecule has 6 heteroatoms. The van der Waals surface area contributed by atoms with Gasteiger partial charge in [-0.3, -0.25) is 9.59 Å². The van der Waals surface area contributed by atoms with Crippen molar-refractivity contribution in [2.24, 2.45) is 0 Å². The van der Waals surface area contributed by atoms with Crippen LogP contribution < -0.4 is 5.32 Å². The zero-order valence-electron chi connectivity index (χ0n) is 16.5. The minimum absolute atomic E-state index is 0.0277. The van der Waals surface area contributed by atoms with Crippen molar-refractivity contribution in [2.75, 3.05) is 11.9 Å². The second kappa shape index (κ2) is 9.89. The fourth-order valence-corrected chi connectivity index (χ4v) is 3.76. The predicted octanol–water partition coefficient (Wildman–Crippen LogP) is 4.85. The summed E-state index contributed by atoms with van der Waals surface area (Å²) < 4.78 is 0. The van der Waals surface area contributed by atoms with E-state index in [2.05, 4.69) is 10.3 Å². The van der Waals surface area contributed by atoms with Crippen LogP contribution in [0.5, 0.6) is 0 Å². The Labute approximate surface area is 175 Å². The number of amides is 2. The Morgan fingerprint density at radius 3 is 2.55 bits per heavy atom. The highest BCUT2D eigenvalue weighted by Crippen LogP contribution is 2.28. The lowest BCUT2D eigenvalue weighted by molar-refractivity contribution is -0.129. The van der Waals surface area contributed by atoms with Gasteiger partial charge >= 0.3 is 0 Å². The van der Waals surface area contributed by atoms with E-state index in [-0.39, 0.29) is 11.8 Å². The van der Waals surface area contributed by atoms with Gasteiger partial charge in [0.05, 0.1) is 5.56 Å². The van der Waals surface area contributed by atoms with Crippen molar-refractivity contribution < 1.29 is 9.59 Å². The highest BCUT2D eigenvalue weighted by Gasteiger charge is 2.14. The van der Waals surface area contributed by atoms with Crippen molar-refractivity contribution in [1.82, 2.24) is 9.88 Å². The average molecular weight is 406 g/mol. The number of rotatable bonds is 7. The van der Waals surface area contributed by atoms with Crippen molar-refractivity contribution in [1.29, 1.82) is 0 Å². The van der Waals surface area contributed by atoms with Gasteiger partial charge in [0.2, 0.25) is 5.91 Å². The SMILES string of the molecule is CCN(Cc1cccc(NC(=O)c2cccnc2Sc2ccccc2)c1)C(C)=O. The molecule has 0 fully saturated rings. The van der Waals surface area contributed by atoms with E-state index in [0.717, 1.165) is 10.5 Å². The molecular formula is C23H23N3O2S. The van der Waals surface area contributed by atoms with E-state index >= 15 is 0 Å². The number of nitrogens with zero attached hydrogens (tertiary/aromatic N) is 2. The first kappa shape index (κ1) is 20.6. The van der Waals surface area contributed by atoms with E-state index in [9.17, 15) is 9.59 Å². The van der Waals surface area contributed by atoms with E-state index in [1.807, 2.05) is 61.5 Å². The molecule has 0 aliphatic rings. The lowest BCUT2D eigenvalue weighted by Crippen LogP contribution is -2.27. The summed E-state index contributed by atoms with van der Waals surface area (Å²) in [6.45, 7) is 4.66. The van der Waals surface area contributed by atoms with Gasteiger partial charge in [0.25, 0.3) is 5.91 Å². The van der Waals surface area contributed by atoms with Crippen LogP contribution in [-0.4, -0.2) is 28.2 Å².